The smallest absolute Gasteiger partial charge is 0.217 e. The van der Waals surface area contributed by atoms with Crippen molar-refractivity contribution in [2.75, 3.05) is 7.05 Å². The quantitative estimate of drug-likeness (QED) is 0.803. The number of hydrogen-bond acceptors (Lipinski definition) is 2. The molecule has 132 valence electrons. The highest BCUT2D eigenvalue weighted by atomic mass is 35.5. The third-order valence-corrected chi connectivity index (χ3v) is 5.62. The lowest BCUT2D eigenvalue weighted by Gasteiger charge is -2.32. The normalized spacial score (nSPS) is 19.4. The number of nitrogens with one attached hydrogen (secondary N) is 2. The molecule has 1 aliphatic rings. The lowest BCUT2D eigenvalue weighted by atomic mass is 9.76. The van der Waals surface area contributed by atoms with Crippen LogP contribution < -0.4 is 10.6 Å². The van der Waals surface area contributed by atoms with Gasteiger partial charge >= 0.3 is 0 Å². The average Bonchev–Trinajstić information content (AvgIpc) is 2.61. The van der Waals surface area contributed by atoms with Crippen molar-refractivity contribution in [2.24, 2.45) is 0 Å². The van der Waals surface area contributed by atoms with Gasteiger partial charge in [0.2, 0.25) is 5.91 Å². The van der Waals surface area contributed by atoms with Gasteiger partial charge < -0.3 is 10.6 Å². The number of fused-ring (bicyclic) bond motifs is 1. The number of amides is 1. The molecule has 0 fully saturated rings. The second kappa shape index (κ2) is 7.77. The summed E-state index contributed by atoms with van der Waals surface area (Å²) in [4.78, 5) is 11.2. The predicted octanol–water partition coefficient (Wildman–Crippen LogP) is 4.82. The Bertz CT molecular complexity index is 791. The van der Waals surface area contributed by atoms with E-state index in [2.05, 4.69) is 34.9 Å². The first-order chi connectivity index (χ1) is 12.0. The second-order valence-corrected chi connectivity index (χ2v) is 7.33. The van der Waals surface area contributed by atoms with Gasteiger partial charge in [-0.2, -0.15) is 0 Å². The molecule has 0 spiro atoms. The molecule has 0 heterocycles. The van der Waals surface area contributed by atoms with E-state index < -0.39 is 0 Å². The molecule has 0 aromatic heterocycles. The van der Waals surface area contributed by atoms with Crippen molar-refractivity contribution in [3.05, 3.63) is 68.7 Å². The third kappa shape index (κ3) is 4.00. The van der Waals surface area contributed by atoms with E-state index in [9.17, 15) is 4.79 Å². The van der Waals surface area contributed by atoms with Crippen molar-refractivity contribution < 1.29 is 4.79 Å². The Hall–Kier alpha value is -1.55. The largest absolute Gasteiger partial charge is 0.352 e. The average molecular weight is 377 g/mol. The van der Waals surface area contributed by atoms with E-state index in [4.69, 9.17) is 23.2 Å². The molecular weight excluding hydrogens is 355 g/mol. The van der Waals surface area contributed by atoms with Crippen LogP contribution in [0.1, 0.15) is 54.0 Å². The van der Waals surface area contributed by atoms with Crippen LogP contribution in [0, 0.1) is 0 Å². The minimum absolute atomic E-state index is 0.0171. The molecular formula is C20H22Cl2N2O. The Morgan fingerprint density at radius 2 is 1.88 bits per heavy atom. The van der Waals surface area contributed by atoms with Crippen molar-refractivity contribution in [3.63, 3.8) is 0 Å². The van der Waals surface area contributed by atoms with Crippen molar-refractivity contribution >= 4 is 29.1 Å². The van der Waals surface area contributed by atoms with E-state index >= 15 is 0 Å². The summed E-state index contributed by atoms with van der Waals surface area (Å²) in [5, 5.41) is 7.46. The minimum atomic E-state index is -0.0171. The number of halogens is 2. The van der Waals surface area contributed by atoms with E-state index in [-0.39, 0.29) is 5.91 Å². The van der Waals surface area contributed by atoms with Gasteiger partial charge in [0, 0.05) is 25.4 Å². The summed E-state index contributed by atoms with van der Waals surface area (Å²) in [5.41, 5.74) is 4.92. The molecule has 25 heavy (non-hydrogen) atoms. The van der Waals surface area contributed by atoms with E-state index in [1.165, 1.54) is 23.6 Å². The molecule has 0 aliphatic heterocycles. The lowest BCUT2D eigenvalue weighted by Crippen LogP contribution is -2.25. The fourth-order valence-corrected chi connectivity index (χ4v) is 3.91. The first kappa shape index (κ1) is 18.2. The van der Waals surface area contributed by atoms with Crippen LogP contribution in [0.5, 0.6) is 0 Å². The molecule has 0 saturated carbocycles. The van der Waals surface area contributed by atoms with Gasteiger partial charge in [-0.3, -0.25) is 4.79 Å². The van der Waals surface area contributed by atoms with Crippen LogP contribution in [-0.4, -0.2) is 13.0 Å². The number of carbonyl (C=O) groups excluding carboxylic acids is 1. The Balaban J connectivity index is 1.97. The highest BCUT2D eigenvalue weighted by Gasteiger charge is 2.28. The summed E-state index contributed by atoms with van der Waals surface area (Å²) >= 11 is 12.3. The number of rotatable bonds is 4. The maximum Gasteiger partial charge on any atom is 0.217 e. The summed E-state index contributed by atoms with van der Waals surface area (Å²) in [7, 11) is 1.99. The van der Waals surface area contributed by atoms with Crippen molar-refractivity contribution in [1.29, 1.82) is 0 Å². The maximum absolute atomic E-state index is 11.2. The highest BCUT2D eigenvalue weighted by Crippen LogP contribution is 2.42. The van der Waals surface area contributed by atoms with Crippen LogP contribution in [0.4, 0.5) is 0 Å². The fraction of sp³-hybridized carbons (Fsp3) is 0.350. The summed E-state index contributed by atoms with van der Waals surface area (Å²) < 4.78 is 0. The standard InChI is InChI=1S/C20H22Cl2N2O/c1-12(25)24-11-13-3-5-16-15(6-8-20(23-2)17(16)9-13)14-4-7-18(21)19(22)10-14/h3-5,7,9-10,15,20,23H,6,8,11H2,1-2H3,(H,24,25)/t15-,20-/m0/s1. The molecule has 0 radical (unpaired) electrons. The monoisotopic (exact) mass is 376 g/mol. The maximum atomic E-state index is 11.2. The zero-order valence-corrected chi connectivity index (χ0v) is 15.9. The molecule has 5 heteroatoms. The number of benzene rings is 2. The van der Waals surface area contributed by atoms with Crippen LogP contribution in [0.3, 0.4) is 0 Å². The van der Waals surface area contributed by atoms with Crippen molar-refractivity contribution in [3.8, 4) is 0 Å². The molecule has 0 bridgehead atoms. The molecule has 1 amide bonds. The topological polar surface area (TPSA) is 41.1 Å². The van der Waals surface area contributed by atoms with Gasteiger partial charge in [0.05, 0.1) is 10.0 Å². The number of hydrogen-bond donors (Lipinski definition) is 2. The van der Waals surface area contributed by atoms with E-state index in [1.54, 1.807) is 0 Å². The Morgan fingerprint density at radius 3 is 2.56 bits per heavy atom. The zero-order chi connectivity index (χ0) is 18.0. The van der Waals surface area contributed by atoms with Gasteiger partial charge in [-0.15, -0.1) is 0 Å². The molecule has 2 aromatic rings. The Morgan fingerprint density at radius 1 is 1.08 bits per heavy atom. The minimum Gasteiger partial charge on any atom is -0.352 e. The van der Waals surface area contributed by atoms with Gasteiger partial charge in [0.15, 0.2) is 0 Å². The highest BCUT2D eigenvalue weighted by molar-refractivity contribution is 6.42. The summed E-state index contributed by atoms with van der Waals surface area (Å²) in [5.74, 6) is 0.292. The van der Waals surface area contributed by atoms with Gasteiger partial charge in [0.25, 0.3) is 0 Å². The van der Waals surface area contributed by atoms with Crippen LogP contribution in [0.25, 0.3) is 0 Å². The first-order valence-electron chi connectivity index (χ1n) is 8.49. The lowest BCUT2D eigenvalue weighted by molar-refractivity contribution is -0.119. The molecule has 3 rings (SSSR count). The van der Waals surface area contributed by atoms with Gasteiger partial charge in [-0.1, -0.05) is 47.5 Å². The third-order valence-electron chi connectivity index (χ3n) is 4.88. The van der Waals surface area contributed by atoms with Crippen LogP contribution in [0.2, 0.25) is 10.0 Å². The van der Waals surface area contributed by atoms with Gasteiger partial charge in [-0.25, -0.2) is 0 Å². The van der Waals surface area contributed by atoms with Crippen LogP contribution >= 0.6 is 23.2 Å². The Kier molecular flexibility index (Phi) is 5.67. The van der Waals surface area contributed by atoms with Crippen molar-refractivity contribution in [2.45, 2.75) is 38.3 Å². The van der Waals surface area contributed by atoms with E-state index in [1.807, 2.05) is 19.2 Å². The summed E-state index contributed by atoms with van der Waals surface area (Å²) in [6, 6.07) is 12.7. The molecule has 3 nitrogen and oxygen atoms in total. The Labute approximate surface area is 158 Å². The van der Waals surface area contributed by atoms with Crippen molar-refractivity contribution in [1.82, 2.24) is 10.6 Å². The first-order valence-corrected chi connectivity index (χ1v) is 9.24. The fourth-order valence-electron chi connectivity index (χ4n) is 3.60. The van der Waals surface area contributed by atoms with Crippen LogP contribution in [-0.2, 0) is 11.3 Å². The molecule has 0 unspecified atom stereocenters. The SMILES string of the molecule is CN[C@H]1CC[C@@H](c2ccc(Cl)c(Cl)c2)c2ccc(CNC(C)=O)cc21. The molecule has 1 aliphatic carbocycles. The molecule has 0 saturated heterocycles. The molecule has 2 N–H and O–H groups in total. The summed E-state index contributed by atoms with van der Waals surface area (Å²) in [6.45, 7) is 2.09. The van der Waals surface area contributed by atoms with E-state index in [0.717, 1.165) is 18.4 Å². The van der Waals surface area contributed by atoms with E-state index in [0.29, 0.717) is 28.5 Å². The van der Waals surface area contributed by atoms with Gasteiger partial charge in [0.1, 0.15) is 0 Å². The summed E-state index contributed by atoms with van der Waals surface area (Å²) in [6.07, 6.45) is 2.11. The zero-order valence-electron chi connectivity index (χ0n) is 14.4. The predicted molar refractivity (Wildman–Crippen MR) is 103 cm³/mol. The number of carbonyl (C=O) groups is 1. The van der Waals surface area contributed by atoms with Gasteiger partial charge in [-0.05, 0) is 54.3 Å². The van der Waals surface area contributed by atoms with Crippen LogP contribution in [0.15, 0.2) is 36.4 Å². The second-order valence-electron chi connectivity index (χ2n) is 6.52. The molecule has 2 aromatic carbocycles. The molecule has 2 atom stereocenters.